The molecule has 2 N–H and O–H groups in total. The molecule has 0 radical (unpaired) electrons. The fourth-order valence-corrected chi connectivity index (χ4v) is 1.75. The van der Waals surface area contributed by atoms with Crippen LogP contribution in [-0.2, 0) is 12.8 Å². The molecule has 0 bridgehead atoms. The van der Waals surface area contributed by atoms with Gasteiger partial charge in [-0.3, -0.25) is 0 Å². The zero-order valence-electron chi connectivity index (χ0n) is 7.96. The van der Waals surface area contributed by atoms with Gasteiger partial charge in [0.1, 0.15) is 0 Å². The Hall–Kier alpha value is -1.08. The number of hydrogen-bond acceptors (Lipinski definition) is 1. The first-order valence-corrected chi connectivity index (χ1v) is 4.85. The van der Waals surface area contributed by atoms with Gasteiger partial charge in [-0.2, -0.15) is 0 Å². The number of fused-ring (bicyclic) bond motifs is 1. The van der Waals surface area contributed by atoms with Crippen molar-refractivity contribution < 1.29 is 0 Å². The maximum atomic E-state index is 5.83. The Morgan fingerprint density at radius 3 is 3.08 bits per heavy atom. The summed E-state index contributed by atoms with van der Waals surface area (Å²) in [6.45, 7) is 2.18. The van der Waals surface area contributed by atoms with Gasteiger partial charge in [-0.1, -0.05) is 37.3 Å². The topological polar surface area (TPSA) is 26.0 Å². The highest BCUT2D eigenvalue weighted by molar-refractivity contribution is 5.58. The average Bonchev–Trinajstić information content (AvgIpc) is 2.17. The molecule has 0 saturated heterocycles. The molecule has 0 aromatic heterocycles. The summed E-state index contributed by atoms with van der Waals surface area (Å²) in [6, 6.07) is 6.87. The van der Waals surface area contributed by atoms with Gasteiger partial charge in [0.2, 0.25) is 0 Å². The summed E-state index contributed by atoms with van der Waals surface area (Å²) >= 11 is 0. The third kappa shape index (κ3) is 1.65. The second-order valence-electron chi connectivity index (χ2n) is 3.61. The van der Waals surface area contributed by atoms with Crippen molar-refractivity contribution in [1.82, 2.24) is 0 Å². The van der Waals surface area contributed by atoms with Crippen LogP contribution in [0, 0.1) is 0 Å². The second kappa shape index (κ2) is 3.35. The van der Waals surface area contributed by atoms with Crippen molar-refractivity contribution in [2.75, 3.05) is 0 Å². The van der Waals surface area contributed by atoms with E-state index in [2.05, 4.69) is 37.3 Å². The molecular formula is C12H15N. The second-order valence-corrected chi connectivity index (χ2v) is 3.61. The Balaban J connectivity index is 2.40. The molecule has 2 rings (SSSR count). The van der Waals surface area contributed by atoms with Crippen molar-refractivity contribution in [3.63, 3.8) is 0 Å². The molecule has 0 fully saturated rings. The summed E-state index contributed by atoms with van der Waals surface area (Å²) in [6.07, 6.45) is 6.31. The third-order valence-corrected chi connectivity index (χ3v) is 2.60. The van der Waals surface area contributed by atoms with E-state index in [1.165, 1.54) is 16.7 Å². The van der Waals surface area contributed by atoms with Gasteiger partial charge in [-0.25, -0.2) is 0 Å². The largest absolute Gasteiger partial charge is 0.324 e. The Kier molecular flexibility index (Phi) is 2.19. The van der Waals surface area contributed by atoms with Gasteiger partial charge in [-0.15, -0.1) is 0 Å². The molecule has 0 amide bonds. The van der Waals surface area contributed by atoms with Crippen LogP contribution >= 0.6 is 0 Å². The predicted molar refractivity (Wildman–Crippen MR) is 56.5 cm³/mol. The standard InChI is InChI=1S/C12H15N/c1-2-9-3-4-11-8-12(13)6-5-10(11)7-9/h3-7,12H,2,8,13H2,1H3. The van der Waals surface area contributed by atoms with Gasteiger partial charge in [0.25, 0.3) is 0 Å². The molecule has 1 aliphatic carbocycles. The van der Waals surface area contributed by atoms with Crippen LogP contribution in [0.4, 0.5) is 0 Å². The highest BCUT2D eigenvalue weighted by Gasteiger charge is 2.09. The molecule has 1 atom stereocenters. The monoisotopic (exact) mass is 173 g/mol. The van der Waals surface area contributed by atoms with Crippen LogP contribution in [0.1, 0.15) is 23.6 Å². The molecule has 1 nitrogen and oxygen atoms in total. The molecule has 1 aromatic carbocycles. The minimum Gasteiger partial charge on any atom is -0.324 e. The highest BCUT2D eigenvalue weighted by atomic mass is 14.6. The Morgan fingerprint density at radius 2 is 2.31 bits per heavy atom. The van der Waals surface area contributed by atoms with Gasteiger partial charge >= 0.3 is 0 Å². The first-order valence-electron chi connectivity index (χ1n) is 4.85. The van der Waals surface area contributed by atoms with Gasteiger partial charge < -0.3 is 5.73 Å². The van der Waals surface area contributed by atoms with E-state index in [1.54, 1.807) is 0 Å². The quantitative estimate of drug-likeness (QED) is 0.692. The number of hydrogen-bond donors (Lipinski definition) is 1. The summed E-state index contributed by atoms with van der Waals surface area (Å²) in [5, 5.41) is 0. The van der Waals surface area contributed by atoms with Crippen LogP contribution in [0.3, 0.4) is 0 Å². The van der Waals surface area contributed by atoms with Crippen molar-refractivity contribution in [2.24, 2.45) is 5.73 Å². The molecule has 0 heterocycles. The minimum atomic E-state index is 0.208. The van der Waals surface area contributed by atoms with Crippen molar-refractivity contribution in [1.29, 1.82) is 0 Å². The zero-order chi connectivity index (χ0) is 9.26. The fourth-order valence-electron chi connectivity index (χ4n) is 1.75. The summed E-state index contributed by atoms with van der Waals surface area (Å²) < 4.78 is 0. The van der Waals surface area contributed by atoms with Crippen molar-refractivity contribution >= 4 is 6.08 Å². The van der Waals surface area contributed by atoms with E-state index in [9.17, 15) is 0 Å². The SMILES string of the molecule is CCc1ccc2c(c1)C=CC(N)C2. The lowest BCUT2D eigenvalue weighted by atomic mass is 9.93. The first kappa shape index (κ1) is 8.52. The van der Waals surface area contributed by atoms with Gasteiger partial charge in [0.15, 0.2) is 0 Å². The van der Waals surface area contributed by atoms with E-state index >= 15 is 0 Å². The van der Waals surface area contributed by atoms with Crippen molar-refractivity contribution in [2.45, 2.75) is 25.8 Å². The van der Waals surface area contributed by atoms with Crippen LogP contribution in [0.2, 0.25) is 0 Å². The van der Waals surface area contributed by atoms with Gasteiger partial charge in [0, 0.05) is 6.04 Å². The number of nitrogens with two attached hydrogens (primary N) is 1. The van der Waals surface area contributed by atoms with Gasteiger partial charge in [0.05, 0.1) is 0 Å². The van der Waals surface area contributed by atoms with Crippen LogP contribution in [0.5, 0.6) is 0 Å². The zero-order valence-corrected chi connectivity index (χ0v) is 7.96. The lowest BCUT2D eigenvalue weighted by Gasteiger charge is -2.16. The van der Waals surface area contributed by atoms with E-state index in [-0.39, 0.29) is 6.04 Å². The fraction of sp³-hybridized carbons (Fsp3) is 0.333. The molecule has 1 aliphatic rings. The minimum absolute atomic E-state index is 0.208. The van der Waals surface area contributed by atoms with Crippen molar-refractivity contribution in [3.8, 4) is 0 Å². The Labute approximate surface area is 79.3 Å². The number of aryl methyl sites for hydroxylation is 1. The molecular weight excluding hydrogens is 158 g/mol. The lowest BCUT2D eigenvalue weighted by Crippen LogP contribution is -2.22. The maximum Gasteiger partial charge on any atom is 0.0268 e. The number of benzene rings is 1. The lowest BCUT2D eigenvalue weighted by molar-refractivity contribution is 0.801. The van der Waals surface area contributed by atoms with Crippen molar-refractivity contribution in [3.05, 3.63) is 41.0 Å². The van der Waals surface area contributed by atoms with E-state index < -0.39 is 0 Å². The highest BCUT2D eigenvalue weighted by Crippen LogP contribution is 2.20. The Bertz CT molecular complexity index is 339. The smallest absolute Gasteiger partial charge is 0.0268 e. The molecule has 1 unspecified atom stereocenters. The molecule has 68 valence electrons. The van der Waals surface area contributed by atoms with E-state index in [4.69, 9.17) is 5.73 Å². The van der Waals surface area contributed by atoms with Gasteiger partial charge in [-0.05, 0) is 29.5 Å². The summed E-state index contributed by atoms with van der Waals surface area (Å²) in [5.74, 6) is 0. The predicted octanol–water partition coefficient (Wildman–Crippen LogP) is 2.15. The summed E-state index contributed by atoms with van der Waals surface area (Å²) in [4.78, 5) is 0. The average molecular weight is 173 g/mol. The molecule has 0 saturated carbocycles. The molecule has 0 spiro atoms. The number of rotatable bonds is 1. The molecule has 1 heteroatoms. The molecule has 0 aliphatic heterocycles. The third-order valence-electron chi connectivity index (χ3n) is 2.60. The van der Waals surface area contributed by atoms with Crippen LogP contribution < -0.4 is 5.73 Å². The van der Waals surface area contributed by atoms with E-state index in [0.717, 1.165) is 12.8 Å². The van der Waals surface area contributed by atoms with E-state index in [0.29, 0.717) is 0 Å². The molecule has 13 heavy (non-hydrogen) atoms. The van der Waals surface area contributed by atoms with Crippen LogP contribution in [-0.4, -0.2) is 6.04 Å². The van der Waals surface area contributed by atoms with Crippen LogP contribution in [0.25, 0.3) is 6.08 Å². The maximum absolute atomic E-state index is 5.83. The summed E-state index contributed by atoms with van der Waals surface area (Å²) in [5.41, 5.74) is 9.96. The normalized spacial score (nSPS) is 20.0. The Morgan fingerprint density at radius 1 is 1.46 bits per heavy atom. The van der Waals surface area contributed by atoms with Crippen LogP contribution in [0.15, 0.2) is 24.3 Å². The first-order chi connectivity index (χ1) is 6.29. The van der Waals surface area contributed by atoms with E-state index in [1.807, 2.05) is 0 Å². The molecule has 1 aromatic rings. The summed E-state index contributed by atoms with van der Waals surface area (Å²) in [7, 11) is 0.